The number of rotatable bonds is 9. The number of sulfonamides is 1. The number of halogens is 1. The number of hydrogen-bond acceptors (Lipinski definition) is 4. The quantitative estimate of drug-likeness (QED) is 0.632. The number of amides is 1. The average Bonchev–Trinajstić information content (AvgIpc) is 2.60. The van der Waals surface area contributed by atoms with Crippen LogP contribution in [0.25, 0.3) is 0 Å². The Hall–Kier alpha value is -2.06. The van der Waals surface area contributed by atoms with E-state index in [1.165, 1.54) is 18.2 Å². The number of para-hydroxylation sites is 2. The molecule has 0 fully saturated rings. The van der Waals surface area contributed by atoms with E-state index in [1.54, 1.807) is 17.8 Å². The van der Waals surface area contributed by atoms with Crippen molar-refractivity contribution in [3.05, 3.63) is 54.3 Å². The van der Waals surface area contributed by atoms with Gasteiger partial charge in [-0.3, -0.25) is 9.10 Å². The third-order valence-corrected chi connectivity index (χ3v) is 5.88. The zero-order valence-electron chi connectivity index (χ0n) is 15.3. The normalized spacial score (nSPS) is 11.2. The minimum Gasteiger partial charge on any atom is -0.325 e. The number of carbonyl (C=O) groups is 1. The Morgan fingerprint density at radius 1 is 1.15 bits per heavy atom. The van der Waals surface area contributed by atoms with E-state index in [9.17, 15) is 17.6 Å². The van der Waals surface area contributed by atoms with Gasteiger partial charge in [-0.1, -0.05) is 31.2 Å². The first kappa shape index (κ1) is 21.2. The largest absolute Gasteiger partial charge is 0.325 e. The molecule has 0 spiro atoms. The third-order valence-electron chi connectivity index (χ3n) is 3.75. The predicted molar refractivity (Wildman–Crippen MR) is 109 cm³/mol. The maximum absolute atomic E-state index is 14.0. The molecule has 0 saturated carbocycles. The van der Waals surface area contributed by atoms with Gasteiger partial charge in [-0.05, 0) is 36.4 Å². The molecular weight excluding hydrogens is 387 g/mol. The van der Waals surface area contributed by atoms with Crippen LogP contribution in [0.3, 0.4) is 0 Å². The summed E-state index contributed by atoms with van der Waals surface area (Å²) in [5, 5.41) is 2.86. The lowest BCUT2D eigenvalue weighted by atomic mass is 10.2. The molecule has 0 aromatic heterocycles. The second-order valence-electron chi connectivity index (χ2n) is 5.87. The summed E-state index contributed by atoms with van der Waals surface area (Å²) in [6, 6.07) is 13.2. The number of hydrogen-bond donors (Lipinski definition) is 1. The zero-order valence-corrected chi connectivity index (χ0v) is 16.9. The Labute approximate surface area is 164 Å². The molecule has 2 aromatic rings. The lowest BCUT2D eigenvalue weighted by Crippen LogP contribution is -2.32. The molecule has 5 nitrogen and oxygen atoms in total. The van der Waals surface area contributed by atoms with Crippen LogP contribution in [-0.4, -0.2) is 32.9 Å². The van der Waals surface area contributed by atoms with Crippen molar-refractivity contribution in [2.24, 2.45) is 0 Å². The summed E-state index contributed by atoms with van der Waals surface area (Å²) in [5.74, 6) is 0.0674. The molecule has 0 radical (unpaired) electrons. The number of thioether (sulfide) groups is 1. The van der Waals surface area contributed by atoms with Gasteiger partial charge in [-0.25, -0.2) is 12.8 Å². The number of anilines is 2. The molecule has 0 saturated heterocycles. The van der Waals surface area contributed by atoms with Crippen LogP contribution >= 0.6 is 11.8 Å². The van der Waals surface area contributed by atoms with E-state index in [0.717, 1.165) is 26.9 Å². The van der Waals surface area contributed by atoms with E-state index in [0.29, 0.717) is 0 Å². The van der Waals surface area contributed by atoms with Crippen LogP contribution in [0.4, 0.5) is 15.8 Å². The molecule has 0 heterocycles. The summed E-state index contributed by atoms with van der Waals surface area (Å²) in [7, 11) is -3.65. The minimum absolute atomic E-state index is 0.00917. The van der Waals surface area contributed by atoms with Crippen LogP contribution in [0.5, 0.6) is 0 Å². The van der Waals surface area contributed by atoms with Gasteiger partial charge in [0.1, 0.15) is 5.82 Å². The molecule has 2 aromatic carbocycles. The van der Waals surface area contributed by atoms with Gasteiger partial charge in [0.15, 0.2) is 0 Å². The SMILES string of the molecule is CCSc1ccccc1NC(=O)CCCN(c1ccccc1F)S(C)(=O)=O. The van der Waals surface area contributed by atoms with Gasteiger partial charge in [0.2, 0.25) is 15.9 Å². The lowest BCUT2D eigenvalue weighted by Gasteiger charge is -2.22. The van der Waals surface area contributed by atoms with Crippen molar-refractivity contribution in [2.45, 2.75) is 24.7 Å². The second-order valence-corrected chi connectivity index (χ2v) is 9.08. The number of carbonyl (C=O) groups excluding carboxylic acids is 1. The Balaban J connectivity index is 1.99. The molecule has 0 atom stereocenters. The lowest BCUT2D eigenvalue weighted by molar-refractivity contribution is -0.116. The second kappa shape index (κ2) is 9.75. The molecule has 0 aliphatic carbocycles. The van der Waals surface area contributed by atoms with Crippen molar-refractivity contribution >= 4 is 39.1 Å². The highest BCUT2D eigenvalue weighted by atomic mass is 32.2. The van der Waals surface area contributed by atoms with Gasteiger partial charge in [0, 0.05) is 17.9 Å². The molecule has 146 valence electrons. The standard InChI is InChI=1S/C19H23FN2O3S2/c1-3-26-18-12-7-5-10-16(18)21-19(23)13-8-14-22(27(2,24)25)17-11-6-4-9-15(17)20/h4-7,9-12H,3,8,13-14H2,1-2H3,(H,21,23). The Kier molecular flexibility index (Phi) is 7.67. The molecule has 27 heavy (non-hydrogen) atoms. The molecular formula is C19H23FN2O3S2. The van der Waals surface area contributed by atoms with Crippen LogP contribution in [0, 0.1) is 5.82 Å². The maximum atomic E-state index is 14.0. The molecule has 8 heteroatoms. The van der Waals surface area contributed by atoms with E-state index >= 15 is 0 Å². The first-order chi connectivity index (χ1) is 12.8. The zero-order chi connectivity index (χ0) is 19.9. The van der Waals surface area contributed by atoms with Crippen molar-refractivity contribution in [2.75, 3.05) is 28.2 Å². The van der Waals surface area contributed by atoms with Crippen LogP contribution < -0.4 is 9.62 Å². The fraction of sp³-hybridized carbons (Fsp3) is 0.316. The molecule has 1 amide bonds. The van der Waals surface area contributed by atoms with Crippen molar-refractivity contribution in [1.29, 1.82) is 0 Å². The van der Waals surface area contributed by atoms with E-state index in [2.05, 4.69) is 5.32 Å². The smallest absolute Gasteiger partial charge is 0.232 e. The summed E-state index contributed by atoms with van der Waals surface area (Å²) >= 11 is 1.63. The minimum atomic E-state index is -3.65. The first-order valence-electron chi connectivity index (χ1n) is 8.57. The fourth-order valence-corrected chi connectivity index (χ4v) is 4.29. The van der Waals surface area contributed by atoms with E-state index in [-0.39, 0.29) is 31.0 Å². The van der Waals surface area contributed by atoms with E-state index in [1.807, 2.05) is 31.2 Å². The topological polar surface area (TPSA) is 66.5 Å². The molecule has 2 rings (SSSR count). The highest BCUT2D eigenvalue weighted by Crippen LogP contribution is 2.27. The molecule has 1 N–H and O–H groups in total. The number of benzene rings is 2. The van der Waals surface area contributed by atoms with Crippen molar-refractivity contribution in [3.63, 3.8) is 0 Å². The number of nitrogens with one attached hydrogen (secondary N) is 1. The summed E-state index contributed by atoms with van der Waals surface area (Å²) in [6.45, 7) is 2.06. The van der Waals surface area contributed by atoms with Crippen LogP contribution in [0.2, 0.25) is 0 Å². The van der Waals surface area contributed by atoms with E-state index < -0.39 is 15.8 Å². The van der Waals surface area contributed by atoms with Crippen LogP contribution in [-0.2, 0) is 14.8 Å². The molecule has 0 aliphatic rings. The van der Waals surface area contributed by atoms with Gasteiger partial charge in [0.25, 0.3) is 0 Å². The summed E-state index contributed by atoms with van der Waals surface area (Å²) < 4.78 is 39.0. The highest BCUT2D eigenvalue weighted by Gasteiger charge is 2.20. The summed E-state index contributed by atoms with van der Waals surface area (Å²) in [6.07, 6.45) is 1.43. The van der Waals surface area contributed by atoms with Crippen molar-refractivity contribution in [3.8, 4) is 0 Å². The van der Waals surface area contributed by atoms with E-state index in [4.69, 9.17) is 0 Å². The van der Waals surface area contributed by atoms with Gasteiger partial charge >= 0.3 is 0 Å². The Morgan fingerprint density at radius 2 is 1.81 bits per heavy atom. The highest BCUT2D eigenvalue weighted by molar-refractivity contribution is 7.99. The van der Waals surface area contributed by atoms with Gasteiger partial charge in [-0.15, -0.1) is 11.8 Å². The Morgan fingerprint density at radius 3 is 2.48 bits per heavy atom. The van der Waals surface area contributed by atoms with Crippen molar-refractivity contribution < 1.29 is 17.6 Å². The maximum Gasteiger partial charge on any atom is 0.232 e. The summed E-state index contributed by atoms with van der Waals surface area (Å²) in [4.78, 5) is 13.2. The Bertz CT molecular complexity index is 888. The monoisotopic (exact) mass is 410 g/mol. The molecule has 0 bridgehead atoms. The van der Waals surface area contributed by atoms with Gasteiger partial charge in [0.05, 0.1) is 17.6 Å². The van der Waals surface area contributed by atoms with Gasteiger partial charge in [-0.2, -0.15) is 0 Å². The summed E-state index contributed by atoms with van der Waals surface area (Å²) in [5.41, 5.74) is 0.730. The third kappa shape index (κ3) is 6.25. The van der Waals surface area contributed by atoms with Gasteiger partial charge < -0.3 is 5.32 Å². The average molecular weight is 411 g/mol. The molecule has 0 unspecified atom stereocenters. The number of nitrogens with zero attached hydrogens (tertiary/aromatic N) is 1. The van der Waals surface area contributed by atoms with Crippen LogP contribution in [0.15, 0.2) is 53.4 Å². The fourth-order valence-electron chi connectivity index (χ4n) is 2.57. The first-order valence-corrected chi connectivity index (χ1v) is 11.4. The predicted octanol–water partition coefficient (Wildman–Crippen LogP) is 4.12. The van der Waals surface area contributed by atoms with Crippen molar-refractivity contribution in [1.82, 2.24) is 0 Å². The molecule has 0 aliphatic heterocycles. The van der Waals surface area contributed by atoms with Crippen LogP contribution in [0.1, 0.15) is 19.8 Å².